The maximum Gasteiger partial charge on any atom is 0.332 e. The van der Waals surface area contributed by atoms with E-state index in [2.05, 4.69) is 0 Å². The van der Waals surface area contributed by atoms with Crippen molar-refractivity contribution in [1.82, 2.24) is 0 Å². The van der Waals surface area contributed by atoms with Crippen LogP contribution in [0.3, 0.4) is 0 Å². The van der Waals surface area contributed by atoms with E-state index in [0.717, 1.165) is 0 Å². The minimum absolute atomic E-state index is 0.251. The number of carboxylic acids is 1. The molecule has 2 heterocycles. The van der Waals surface area contributed by atoms with Crippen molar-refractivity contribution in [2.24, 2.45) is 5.73 Å². The molecular formula is C9H15NO6. The summed E-state index contributed by atoms with van der Waals surface area (Å²) in [4.78, 5) is 10.7. The van der Waals surface area contributed by atoms with E-state index < -0.39 is 42.7 Å². The van der Waals surface area contributed by atoms with Crippen molar-refractivity contribution < 1.29 is 29.2 Å². The van der Waals surface area contributed by atoms with Crippen LogP contribution >= 0.6 is 0 Å². The molecule has 2 bridgehead atoms. The highest BCUT2D eigenvalue weighted by molar-refractivity contribution is 5.71. The molecule has 7 heteroatoms. The van der Waals surface area contributed by atoms with Crippen LogP contribution in [0, 0.1) is 0 Å². The number of aliphatic carboxylic acids is 1. The number of rotatable bonds is 3. The molecule has 2 aliphatic heterocycles. The molecule has 2 saturated heterocycles. The lowest BCUT2D eigenvalue weighted by molar-refractivity contribution is -0.207. The number of aliphatic hydroxyl groups excluding tert-OH is 1. The first-order valence-corrected chi connectivity index (χ1v) is 5.09. The minimum atomic E-state index is -1.10. The van der Waals surface area contributed by atoms with Crippen LogP contribution in [0.5, 0.6) is 0 Å². The molecule has 0 spiro atoms. The highest BCUT2D eigenvalue weighted by atomic mass is 16.7. The van der Waals surface area contributed by atoms with Crippen LogP contribution in [-0.4, -0.2) is 59.5 Å². The Morgan fingerprint density at radius 1 is 1.62 bits per heavy atom. The summed E-state index contributed by atoms with van der Waals surface area (Å²) in [6, 6.07) is -0.685. The van der Waals surface area contributed by atoms with Crippen LogP contribution in [0.25, 0.3) is 0 Å². The fourth-order valence-electron chi connectivity index (χ4n) is 1.88. The van der Waals surface area contributed by atoms with Gasteiger partial charge in [0.05, 0.1) is 12.6 Å². The van der Waals surface area contributed by atoms with Gasteiger partial charge in [0.2, 0.25) is 0 Å². The molecule has 16 heavy (non-hydrogen) atoms. The summed E-state index contributed by atoms with van der Waals surface area (Å²) in [6.07, 6.45) is -3.88. The number of nitrogens with two attached hydrogens (primary N) is 1. The van der Waals surface area contributed by atoms with Crippen LogP contribution in [0.4, 0.5) is 0 Å². The number of hydrogen-bond donors (Lipinski definition) is 3. The summed E-state index contributed by atoms with van der Waals surface area (Å²) in [5, 5.41) is 18.6. The van der Waals surface area contributed by atoms with Gasteiger partial charge in [-0.25, -0.2) is 4.79 Å². The van der Waals surface area contributed by atoms with Gasteiger partial charge in [0.25, 0.3) is 0 Å². The fourth-order valence-corrected chi connectivity index (χ4v) is 1.88. The molecule has 4 N–H and O–H groups in total. The Balaban J connectivity index is 2.05. The van der Waals surface area contributed by atoms with Crippen LogP contribution in [0.1, 0.15) is 6.92 Å². The maximum atomic E-state index is 10.7. The van der Waals surface area contributed by atoms with Crippen LogP contribution < -0.4 is 5.73 Å². The Labute approximate surface area is 92.1 Å². The second-order valence-electron chi connectivity index (χ2n) is 4.03. The summed E-state index contributed by atoms with van der Waals surface area (Å²) >= 11 is 0. The Morgan fingerprint density at radius 2 is 2.31 bits per heavy atom. The molecule has 2 rings (SSSR count). The molecule has 0 aromatic rings. The molecule has 0 aromatic carbocycles. The maximum absolute atomic E-state index is 10.7. The van der Waals surface area contributed by atoms with Crippen molar-refractivity contribution in [2.45, 2.75) is 43.7 Å². The van der Waals surface area contributed by atoms with E-state index in [9.17, 15) is 9.90 Å². The number of carbonyl (C=O) groups is 1. The summed E-state index contributed by atoms with van der Waals surface area (Å²) in [5.74, 6) is -1.10. The molecule has 0 saturated carbocycles. The highest BCUT2D eigenvalue weighted by Gasteiger charge is 2.50. The van der Waals surface area contributed by atoms with Gasteiger partial charge < -0.3 is 30.2 Å². The molecule has 6 atom stereocenters. The van der Waals surface area contributed by atoms with E-state index >= 15 is 0 Å². The van der Waals surface area contributed by atoms with Crippen molar-refractivity contribution in [2.75, 3.05) is 6.61 Å². The minimum Gasteiger partial charge on any atom is -0.479 e. The van der Waals surface area contributed by atoms with Gasteiger partial charge in [-0.1, -0.05) is 0 Å². The largest absolute Gasteiger partial charge is 0.479 e. The van der Waals surface area contributed by atoms with E-state index in [0.29, 0.717) is 0 Å². The predicted molar refractivity (Wildman–Crippen MR) is 50.6 cm³/mol. The SMILES string of the molecule is C[C@@H](O[C@@H]1[C@@H](N)[C@H]2OC[C@H](O2)[C@H]1O)C(=O)O. The van der Waals surface area contributed by atoms with Crippen molar-refractivity contribution >= 4 is 5.97 Å². The van der Waals surface area contributed by atoms with Gasteiger partial charge in [-0.15, -0.1) is 0 Å². The molecule has 0 unspecified atom stereocenters. The lowest BCUT2D eigenvalue weighted by Crippen LogP contribution is -2.59. The Morgan fingerprint density at radius 3 is 2.94 bits per heavy atom. The van der Waals surface area contributed by atoms with E-state index in [1.165, 1.54) is 6.92 Å². The van der Waals surface area contributed by atoms with Gasteiger partial charge >= 0.3 is 5.97 Å². The molecule has 0 aromatic heterocycles. The first-order chi connectivity index (χ1) is 7.50. The third-order valence-electron chi connectivity index (χ3n) is 2.85. The van der Waals surface area contributed by atoms with Crippen molar-refractivity contribution in [3.05, 3.63) is 0 Å². The molecule has 0 radical (unpaired) electrons. The second kappa shape index (κ2) is 4.27. The van der Waals surface area contributed by atoms with Gasteiger partial charge in [-0.3, -0.25) is 0 Å². The molecule has 2 aliphatic rings. The zero-order valence-corrected chi connectivity index (χ0v) is 8.78. The quantitative estimate of drug-likeness (QED) is 0.532. The van der Waals surface area contributed by atoms with E-state index in [1.54, 1.807) is 0 Å². The van der Waals surface area contributed by atoms with Crippen LogP contribution in [-0.2, 0) is 19.0 Å². The fraction of sp³-hybridized carbons (Fsp3) is 0.889. The number of aliphatic hydroxyl groups is 1. The summed E-state index contributed by atoms with van der Waals surface area (Å²) in [6.45, 7) is 1.64. The Bertz CT molecular complexity index is 269. The van der Waals surface area contributed by atoms with Gasteiger partial charge in [-0.05, 0) is 6.92 Å². The topological polar surface area (TPSA) is 111 Å². The monoisotopic (exact) mass is 233 g/mol. The molecule has 92 valence electrons. The summed E-state index contributed by atoms with van der Waals surface area (Å²) < 4.78 is 15.7. The predicted octanol–water partition coefficient (Wildman–Crippen LogP) is -1.71. The lowest BCUT2D eigenvalue weighted by atomic mass is 9.99. The Hall–Kier alpha value is -0.730. The Kier molecular flexibility index (Phi) is 3.13. The average molecular weight is 233 g/mol. The van der Waals surface area contributed by atoms with E-state index in [-0.39, 0.29) is 6.61 Å². The van der Waals surface area contributed by atoms with Gasteiger partial charge in [0, 0.05) is 0 Å². The third-order valence-corrected chi connectivity index (χ3v) is 2.85. The molecular weight excluding hydrogens is 218 g/mol. The second-order valence-corrected chi connectivity index (χ2v) is 4.03. The van der Waals surface area contributed by atoms with Crippen molar-refractivity contribution in [3.8, 4) is 0 Å². The number of carboxylic acid groups (broad SMARTS) is 1. The molecule has 0 aliphatic carbocycles. The zero-order chi connectivity index (χ0) is 11.9. The molecule has 0 amide bonds. The van der Waals surface area contributed by atoms with E-state index in [4.69, 9.17) is 25.1 Å². The smallest absolute Gasteiger partial charge is 0.332 e. The van der Waals surface area contributed by atoms with E-state index in [1.807, 2.05) is 0 Å². The zero-order valence-electron chi connectivity index (χ0n) is 8.78. The summed E-state index contributed by atoms with van der Waals surface area (Å²) in [5.41, 5.74) is 5.77. The van der Waals surface area contributed by atoms with Gasteiger partial charge in [-0.2, -0.15) is 0 Å². The number of fused-ring (bicyclic) bond motifs is 2. The highest BCUT2D eigenvalue weighted by Crippen LogP contribution is 2.29. The van der Waals surface area contributed by atoms with Crippen LogP contribution in [0.15, 0.2) is 0 Å². The number of ether oxygens (including phenoxy) is 3. The standard InChI is InChI=1S/C9H15NO6/c1-3(8(12)13)15-7-5(10)9-14-2-4(16-9)6(7)11/h3-7,9,11H,2,10H2,1H3,(H,12,13)/t3-,4+,5-,6-,7-,9+/m1/s1. The van der Waals surface area contributed by atoms with Crippen LogP contribution in [0.2, 0.25) is 0 Å². The summed E-state index contributed by atoms with van der Waals surface area (Å²) in [7, 11) is 0. The number of hydrogen-bond acceptors (Lipinski definition) is 6. The molecule has 2 fully saturated rings. The van der Waals surface area contributed by atoms with Crippen molar-refractivity contribution in [3.63, 3.8) is 0 Å². The van der Waals surface area contributed by atoms with Gasteiger partial charge in [0.1, 0.15) is 18.3 Å². The van der Waals surface area contributed by atoms with Crippen molar-refractivity contribution in [1.29, 1.82) is 0 Å². The third kappa shape index (κ3) is 1.92. The molecule has 7 nitrogen and oxygen atoms in total. The van der Waals surface area contributed by atoms with Gasteiger partial charge in [0.15, 0.2) is 12.4 Å². The lowest BCUT2D eigenvalue weighted by Gasteiger charge is -2.37. The average Bonchev–Trinajstić information content (AvgIpc) is 2.68. The first-order valence-electron chi connectivity index (χ1n) is 5.09. The first kappa shape index (κ1) is 11.7. The normalized spacial score (nSPS) is 44.3.